The maximum Gasteiger partial charge on any atom is 0.125 e. The minimum Gasteiger partial charge on any atom is -0.384 e. The van der Waals surface area contributed by atoms with E-state index in [1.165, 1.54) is 0 Å². The summed E-state index contributed by atoms with van der Waals surface area (Å²) in [6, 6.07) is 0. The van der Waals surface area contributed by atoms with Gasteiger partial charge in [-0.1, -0.05) is 13.8 Å². The monoisotopic (exact) mass is 247 g/mol. The molecule has 0 radical (unpaired) electrons. The molecule has 2 N–H and O–H groups in total. The lowest BCUT2D eigenvalue weighted by molar-refractivity contribution is 0.648. The highest BCUT2D eigenvalue weighted by atomic mass is 15.3. The van der Waals surface area contributed by atoms with Gasteiger partial charge in [-0.15, -0.1) is 0 Å². The van der Waals surface area contributed by atoms with E-state index in [1.807, 2.05) is 31.9 Å². The van der Waals surface area contributed by atoms with E-state index in [0.29, 0.717) is 5.92 Å². The molecule has 0 aliphatic rings. The molecule has 0 fully saturated rings. The van der Waals surface area contributed by atoms with Gasteiger partial charge >= 0.3 is 0 Å². The zero-order valence-corrected chi connectivity index (χ0v) is 11.7. The Labute approximate surface area is 108 Å². The van der Waals surface area contributed by atoms with E-state index in [0.717, 1.165) is 34.8 Å². The Morgan fingerprint density at radius 1 is 1.28 bits per heavy atom. The fraction of sp³-hybridized carbons (Fsp3) is 0.538. The van der Waals surface area contributed by atoms with E-state index < -0.39 is 0 Å². The second-order valence-corrected chi connectivity index (χ2v) is 5.24. The van der Waals surface area contributed by atoms with Crippen molar-refractivity contribution in [1.29, 1.82) is 0 Å². The largest absolute Gasteiger partial charge is 0.384 e. The molecule has 0 atom stereocenters. The lowest BCUT2D eigenvalue weighted by atomic mass is 9.99. The first-order chi connectivity index (χ1) is 8.40. The number of anilines is 1. The topological polar surface area (TPSA) is 61.7 Å². The van der Waals surface area contributed by atoms with Crippen molar-refractivity contribution in [3.05, 3.63) is 17.5 Å². The van der Waals surface area contributed by atoms with Gasteiger partial charge in [0.2, 0.25) is 0 Å². The van der Waals surface area contributed by atoms with Crippen LogP contribution in [0.25, 0.3) is 11.3 Å². The minimum absolute atomic E-state index is 0.548. The quantitative estimate of drug-likeness (QED) is 0.901. The third-order valence-corrected chi connectivity index (χ3v) is 3.07. The van der Waals surface area contributed by atoms with Gasteiger partial charge in [0.25, 0.3) is 0 Å². The Balaban J connectivity index is 2.56. The van der Waals surface area contributed by atoms with Gasteiger partial charge in [0, 0.05) is 31.4 Å². The highest BCUT2D eigenvalue weighted by Crippen LogP contribution is 2.30. The molecule has 0 spiro atoms. The first kappa shape index (κ1) is 12.7. The van der Waals surface area contributed by atoms with Crippen LogP contribution in [0.2, 0.25) is 0 Å². The van der Waals surface area contributed by atoms with Crippen molar-refractivity contribution in [3.63, 3.8) is 0 Å². The third-order valence-electron chi connectivity index (χ3n) is 3.07. The van der Waals surface area contributed by atoms with Gasteiger partial charge in [0.05, 0.1) is 5.69 Å². The molecule has 0 saturated carbocycles. The molecule has 0 bridgehead atoms. The number of rotatable bonds is 3. The molecule has 98 valence electrons. The van der Waals surface area contributed by atoms with E-state index in [4.69, 9.17) is 5.73 Å². The van der Waals surface area contributed by atoms with Crippen LogP contribution in [-0.4, -0.2) is 19.6 Å². The van der Waals surface area contributed by atoms with E-state index >= 15 is 0 Å². The molecule has 2 aromatic rings. The normalized spacial score (nSPS) is 11.4. The van der Waals surface area contributed by atoms with Crippen LogP contribution in [0.5, 0.6) is 0 Å². The highest BCUT2D eigenvalue weighted by molar-refractivity contribution is 5.69. The summed E-state index contributed by atoms with van der Waals surface area (Å²) in [4.78, 5) is 0. The Morgan fingerprint density at radius 2 is 1.94 bits per heavy atom. The maximum atomic E-state index is 6.12. The molecule has 0 aromatic carbocycles. The van der Waals surface area contributed by atoms with Crippen LogP contribution in [-0.2, 0) is 20.5 Å². The average molecular weight is 247 g/mol. The first-order valence-electron chi connectivity index (χ1n) is 6.22. The second kappa shape index (κ2) is 4.48. The summed E-state index contributed by atoms with van der Waals surface area (Å²) in [5.41, 5.74) is 10.3. The van der Waals surface area contributed by atoms with Crippen molar-refractivity contribution in [2.24, 2.45) is 20.0 Å². The molecule has 2 heterocycles. The van der Waals surface area contributed by atoms with Crippen LogP contribution in [0.3, 0.4) is 0 Å². The fourth-order valence-electron chi connectivity index (χ4n) is 2.24. The molecule has 0 aliphatic heterocycles. The number of hydrogen-bond acceptors (Lipinski definition) is 3. The molecule has 0 unspecified atom stereocenters. The fourth-order valence-corrected chi connectivity index (χ4v) is 2.24. The van der Waals surface area contributed by atoms with Gasteiger partial charge in [-0.3, -0.25) is 9.36 Å². The van der Waals surface area contributed by atoms with Gasteiger partial charge < -0.3 is 5.73 Å². The second-order valence-electron chi connectivity index (χ2n) is 5.24. The van der Waals surface area contributed by atoms with E-state index in [-0.39, 0.29) is 0 Å². The summed E-state index contributed by atoms with van der Waals surface area (Å²) in [5, 5.41) is 8.92. The number of hydrogen-bond donors (Lipinski definition) is 1. The SMILES string of the molecule is Cc1nn(C)cc1-c1nn(C)c(N)c1CC(C)C. The summed E-state index contributed by atoms with van der Waals surface area (Å²) >= 11 is 0. The van der Waals surface area contributed by atoms with Gasteiger partial charge in [0.1, 0.15) is 11.5 Å². The lowest BCUT2D eigenvalue weighted by Crippen LogP contribution is -2.02. The Kier molecular flexibility index (Phi) is 3.15. The standard InChI is InChI=1S/C13H21N5/c1-8(2)6-10-12(16-18(5)13(10)14)11-7-17(4)15-9(11)3/h7-8H,6,14H2,1-5H3. The zero-order valence-electron chi connectivity index (χ0n) is 11.7. The van der Waals surface area contributed by atoms with Gasteiger partial charge in [-0.2, -0.15) is 10.2 Å². The summed E-state index contributed by atoms with van der Waals surface area (Å²) < 4.78 is 3.56. The van der Waals surface area contributed by atoms with E-state index in [9.17, 15) is 0 Å². The van der Waals surface area contributed by atoms with Gasteiger partial charge in [-0.25, -0.2) is 0 Å². The number of nitrogens with zero attached hydrogens (tertiary/aromatic N) is 4. The zero-order chi connectivity index (χ0) is 13.4. The van der Waals surface area contributed by atoms with E-state index in [2.05, 4.69) is 24.0 Å². The third kappa shape index (κ3) is 2.12. The molecule has 5 heteroatoms. The van der Waals surface area contributed by atoms with Gasteiger partial charge in [0.15, 0.2) is 0 Å². The molecule has 0 aliphatic carbocycles. The Bertz CT molecular complexity index is 562. The Morgan fingerprint density at radius 3 is 2.44 bits per heavy atom. The number of aryl methyl sites for hydroxylation is 3. The highest BCUT2D eigenvalue weighted by Gasteiger charge is 2.19. The first-order valence-corrected chi connectivity index (χ1v) is 6.22. The molecular weight excluding hydrogens is 226 g/mol. The van der Waals surface area contributed by atoms with Crippen LogP contribution in [0.4, 0.5) is 5.82 Å². The van der Waals surface area contributed by atoms with E-state index in [1.54, 1.807) is 4.68 Å². The molecule has 0 amide bonds. The van der Waals surface area contributed by atoms with Crippen LogP contribution in [0.15, 0.2) is 6.20 Å². The average Bonchev–Trinajstić information content (AvgIpc) is 2.72. The molecular formula is C13H21N5. The molecule has 2 aromatic heterocycles. The minimum atomic E-state index is 0.548. The smallest absolute Gasteiger partial charge is 0.125 e. The summed E-state index contributed by atoms with van der Waals surface area (Å²) in [6.07, 6.45) is 2.93. The lowest BCUT2D eigenvalue weighted by Gasteiger charge is -2.06. The predicted octanol–water partition coefficient (Wildman–Crippen LogP) is 1.91. The van der Waals surface area contributed by atoms with Crippen LogP contribution >= 0.6 is 0 Å². The maximum absolute atomic E-state index is 6.12. The van der Waals surface area contributed by atoms with Gasteiger partial charge in [-0.05, 0) is 19.3 Å². The molecule has 5 nitrogen and oxygen atoms in total. The van der Waals surface area contributed by atoms with Crippen LogP contribution in [0.1, 0.15) is 25.1 Å². The van der Waals surface area contributed by atoms with Crippen molar-refractivity contribution in [1.82, 2.24) is 19.6 Å². The number of aromatic nitrogens is 4. The molecule has 0 saturated heterocycles. The van der Waals surface area contributed by atoms with Crippen molar-refractivity contribution < 1.29 is 0 Å². The molecule has 18 heavy (non-hydrogen) atoms. The summed E-state index contributed by atoms with van der Waals surface area (Å²) in [5.74, 6) is 1.30. The van der Waals surface area contributed by atoms with Crippen molar-refractivity contribution >= 4 is 5.82 Å². The Hall–Kier alpha value is -1.78. The van der Waals surface area contributed by atoms with Crippen LogP contribution < -0.4 is 5.73 Å². The van der Waals surface area contributed by atoms with Crippen molar-refractivity contribution in [3.8, 4) is 11.3 Å². The predicted molar refractivity (Wildman–Crippen MR) is 73.1 cm³/mol. The van der Waals surface area contributed by atoms with Crippen molar-refractivity contribution in [2.45, 2.75) is 27.2 Å². The number of nitrogen functional groups attached to an aromatic ring is 1. The van der Waals surface area contributed by atoms with Crippen LogP contribution in [0, 0.1) is 12.8 Å². The summed E-state index contributed by atoms with van der Waals surface area (Å²) in [7, 11) is 3.80. The number of nitrogens with two attached hydrogens (primary N) is 1. The molecule has 2 rings (SSSR count). The van der Waals surface area contributed by atoms with Crippen molar-refractivity contribution in [2.75, 3.05) is 5.73 Å². The summed E-state index contributed by atoms with van der Waals surface area (Å²) in [6.45, 7) is 6.37.